The van der Waals surface area contributed by atoms with Crippen molar-refractivity contribution in [1.82, 2.24) is 9.38 Å². The van der Waals surface area contributed by atoms with E-state index in [1.165, 1.54) is 11.3 Å². The third-order valence-corrected chi connectivity index (χ3v) is 4.29. The van der Waals surface area contributed by atoms with E-state index in [0.717, 1.165) is 15.6 Å². The molecule has 20 heavy (non-hydrogen) atoms. The van der Waals surface area contributed by atoms with E-state index in [9.17, 15) is 4.79 Å². The third kappa shape index (κ3) is 1.41. The van der Waals surface area contributed by atoms with Crippen LogP contribution in [0.2, 0.25) is 0 Å². The van der Waals surface area contributed by atoms with Crippen molar-refractivity contribution < 1.29 is 4.74 Å². The first kappa shape index (κ1) is 11.4. The van der Waals surface area contributed by atoms with E-state index in [0.29, 0.717) is 16.9 Å². The normalized spacial score (nSPS) is 11.4. The Bertz CT molecular complexity index is 1020. The summed E-state index contributed by atoms with van der Waals surface area (Å²) >= 11 is 1.52. The van der Waals surface area contributed by atoms with E-state index >= 15 is 0 Å². The molecule has 0 spiro atoms. The number of benzene rings is 1. The van der Waals surface area contributed by atoms with E-state index < -0.39 is 0 Å². The van der Waals surface area contributed by atoms with E-state index in [-0.39, 0.29) is 5.56 Å². The number of thiophene rings is 1. The molecular weight excluding hydrogens is 272 g/mol. The van der Waals surface area contributed by atoms with Gasteiger partial charge in [-0.15, -0.1) is 11.3 Å². The number of hydrogen-bond donors (Lipinski definition) is 0. The van der Waals surface area contributed by atoms with Gasteiger partial charge in [-0.1, -0.05) is 18.2 Å². The van der Waals surface area contributed by atoms with Crippen molar-refractivity contribution >= 4 is 38.0 Å². The summed E-state index contributed by atoms with van der Waals surface area (Å²) in [7, 11) is 1.59. The fourth-order valence-electron chi connectivity index (χ4n) is 2.49. The maximum atomic E-state index is 12.7. The van der Waals surface area contributed by atoms with Crippen molar-refractivity contribution in [3.8, 4) is 5.88 Å². The minimum atomic E-state index is -0.0448. The van der Waals surface area contributed by atoms with Crippen LogP contribution in [0.5, 0.6) is 5.88 Å². The molecule has 0 atom stereocenters. The maximum absolute atomic E-state index is 12.7. The lowest BCUT2D eigenvalue weighted by Gasteiger charge is -2.07. The Hall–Kier alpha value is -2.40. The molecule has 0 saturated carbocycles. The highest BCUT2D eigenvalue weighted by molar-refractivity contribution is 7.17. The van der Waals surface area contributed by atoms with Gasteiger partial charge in [0.2, 0.25) is 5.88 Å². The van der Waals surface area contributed by atoms with Gasteiger partial charge in [0, 0.05) is 5.39 Å². The molecule has 0 unspecified atom stereocenters. The van der Waals surface area contributed by atoms with E-state index in [1.807, 2.05) is 41.8 Å². The van der Waals surface area contributed by atoms with Gasteiger partial charge < -0.3 is 4.74 Å². The van der Waals surface area contributed by atoms with Gasteiger partial charge in [0.05, 0.1) is 12.6 Å². The second-order valence-corrected chi connectivity index (χ2v) is 5.40. The van der Waals surface area contributed by atoms with Crippen molar-refractivity contribution in [3.63, 3.8) is 0 Å². The third-order valence-electron chi connectivity index (χ3n) is 3.40. The number of methoxy groups -OCH3 is 1. The standard InChI is InChI=1S/C15H10N2O2S/c1-19-14-13-11(6-7-20-13)17-12(16-14)8-9-4-2-3-5-10(9)15(17)18/h2-8H,1H3. The van der Waals surface area contributed by atoms with Crippen molar-refractivity contribution in [2.75, 3.05) is 7.11 Å². The van der Waals surface area contributed by atoms with Crippen LogP contribution in [0.3, 0.4) is 0 Å². The van der Waals surface area contributed by atoms with E-state index in [1.54, 1.807) is 11.5 Å². The molecule has 0 aliphatic carbocycles. The zero-order valence-corrected chi connectivity index (χ0v) is 11.5. The fourth-order valence-corrected chi connectivity index (χ4v) is 3.34. The van der Waals surface area contributed by atoms with Gasteiger partial charge in [-0.25, -0.2) is 0 Å². The molecule has 3 heterocycles. The van der Waals surface area contributed by atoms with Crippen LogP contribution in [0.1, 0.15) is 0 Å². The van der Waals surface area contributed by atoms with Crippen molar-refractivity contribution in [1.29, 1.82) is 0 Å². The van der Waals surface area contributed by atoms with Crippen LogP contribution in [0, 0.1) is 0 Å². The van der Waals surface area contributed by atoms with Crippen molar-refractivity contribution in [2.24, 2.45) is 0 Å². The topological polar surface area (TPSA) is 43.6 Å². The molecule has 0 aliphatic rings. The monoisotopic (exact) mass is 282 g/mol. The number of nitrogens with zero attached hydrogens (tertiary/aromatic N) is 2. The summed E-state index contributed by atoms with van der Waals surface area (Å²) in [5, 5.41) is 3.53. The summed E-state index contributed by atoms with van der Waals surface area (Å²) in [4.78, 5) is 17.1. The van der Waals surface area contributed by atoms with Gasteiger partial charge in [0.25, 0.3) is 5.56 Å². The highest BCUT2D eigenvalue weighted by Gasteiger charge is 2.13. The minimum absolute atomic E-state index is 0.0448. The molecule has 4 rings (SSSR count). The lowest BCUT2D eigenvalue weighted by atomic mass is 10.2. The molecule has 98 valence electrons. The van der Waals surface area contributed by atoms with Crippen molar-refractivity contribution in [3.05, 3.63) is 52.1 Å². The molecule has 5 heteroatoms. The van der Waals surface area contributed by atoms with Crippen molar-refractivity contribution in [2.45, 2.75) is 0 Å². The summed E-state index contributed by atoms with van der Waals surface area (Å²) < 4.78 is 7.87. The molecule has 0 fully saturated rings. The summed E-state index contributed by atoms with van der Waals surface area (Å²) in [5.41, 5.74) is 1.40. The van der Waals surface area contributed by atoms with Gasteiger partial charge >= 0.3 is 0 Å². The molecule has 0 aliphatic heterocycles. The highest BCUT2D eigenvalue weighted by atomic mass is 32.1. The molecule has 0 bridgehead atoms. The molecule has 0 amide bonds. The Labute approximate surface area is 117 Å². The zero-order chi connectivity index (χ0) is 13.7. The first-order chi connectivity index (χ1) is 9.79. The molecule has 0 saturated heterocycles. The molecule has 1 aromatic carbocycles. The second kappa shape index (κ2) is 4.05. The Morgan fingerprint density at radius 1 is 1.25 bits per heavy atom. The molecule has 3 aromatic heterocycles. The lowest BCUT2D eigenvalue weighted by molar-refractivity contribution is 0.405. The van der Waals surface area contributed by atoms with Crippen LogP contribution in [0.15, 0.2) is 46.6 Å². The number of fused-ring (bicyclic) bond motifs is 4. The Kier molecular flexibility index (Phi) is 2.31. The van der Waals surface area contributed by atoms with E-state index in [2.05, 4.69) is 4.98 Å². The largest absolute Gasteiger partial charge is 0.480 e. The van der Waals surface area contributed by atoms with Crippen LogP contribution < -0.4 is 10.3 Å². The maximum Gasteiger partial charge on any atom is 0.264 e. The molecule has 0 N–H and O–H groups in total. The average Bonchev–Trinajstić information content (AvgIpc) is 2.95. The summed E-state index contributed by atoms with van der Waals surface area (Å²) in [5.74, 6) is 0.560. The summed E-state index contributed by atoms with van der Waals surface area (Å²) in [6, 6.07) is 11.4. The Morgan fingerprint density at radius 2 is 2.10 bits per heavy atom. The number of pyridine rings is 1. The first-order valence-electron chi connectivity index (χ1n) is 6.15. The smallest absolute Gasteiger partial charge is 0.264 e. The second-order valence-electron chi connectivity index (χ2n) is 4.49. The number of hydrogen-bond acceptors (Lipinski definition) is 4. The SMILES string of the molecule is COc1nc2cc3ccccc3c(=O)n2c2ccsc12. The Balaban J connectivity index is 2.35. The summed E-state index contributed by atoms with van der Waals surface area (Å²) in [6.45, 7) is 0. The number of aromatic nitrogens is 2. The van der Waals surface area contributed by atoms with Crippen LogP contribution in [-0.2, 0) is 0 Å². The first-order valence-corrected chi connectivity index (χ1v) is 7.03. The average molecular weight is 282 g/mol. The molecular formula is C15H10N2O2S. The molecule has 0 radical (unpaired) electrons. The van der Waals surface area contributed by atoms with Gasteiger partial charge in [0.1, 0.15) is 10.3 Å². The fraction of sp³-hybridized carbons (Fsp3) is 0.0667. The molecule has 4 aromatic rings. The minimum Gasteiger partial charge on any atom is -0.480 e. The van der Waals surface area contributed by atoms with Crippen LogP contribution >= 0.6 is 11.3 Å². The summed E-state index contributed by atoms with van der Waals surface area (Å²) in [6.07, 6.45) is 0. The van der Waals surface area contributed by atoms with Crippen LogP contribution in [0.4, 0.5) is 0 Å². The van der Waals surface area contributed by atoms with Gasteiger partial charge in [-0.05, 0) is 29.0 Å². The number of rotatable bonds is 1. The predicted octanol–water partition coefficient (Wildman–Crippen LogP) is 3.07. The number of ether oxygens (including phenoxy) is 1. The van der Waals surface area contributed by atoms with Gasteiger partial charge in [-0.2, -0.15) is 4.98 Å². The highest BCUT2D eigenvalue weighted by Crippen LogP contribution is 2.29. The quantitative estimate of drug-likeness (QED) is 0.504. The Morgan fingerprint density at radius 3 is 2.95 bits per heavy atom. The van der Waals surface area contributed by atoms with Crippen LogP contribution in [0.25, 0.3) is 26.6 Å². The van der Waals surface area contributed by atoms with Gasteiger partial charge in [-0.3, -0.25) is 9.20 Å². The zero-order valence-electron chi connectivity index (χ0n) is 10.7. The van der Waals surface area contributed by atoms with E-state index in [4.69, 9.17) is 4.74 Å². The lowest BCUT2D eigenvalue weighted by Crippen LogP contribution is -2.15. The molecule has 4 nitrogen and oxygen atoms in total. The van der Waals surface area contributed by atoms with Gasteiger partial charge in [0.15, 0.2) is 0 Å². The predicted molar refractivity (Wildman–Crippen MR) is 80.9 cm³/mol. The van der Waals surface area contributed by atoms with Crippen LogP contribution in [-0.4, -0.2) is 16.5 Å².